The third-order valence-corrected chi connectivity index (χ3v) is 7.66. The zero-order valence-corrected chi connectivity index (χ0v) is 17.8. The maximum atomic E-state index is 13.2. The molecule has 11 heteroatoms. The van der Waals surface area contributed by atoms with Gasteiger partial charge in [0.05, 0.1) is 9.83 Å². The van der Waals surface area contributed by atoms with Gasteiger partial charge in [-0.1, -0.05) is 6.07 Å². The summed E-state index contributed by atoms with van der Waals surface area (Å²) in [6.07, 6.45) is 2.31. The quantitative estimate of drug-likeness (QED) is 0.478. The lowest BCUT2D eigenvalue weighted by Crippen LogP contribution is -2.49. The van der Waals surface area contributed by atoms with Crippen molar-refractivity contribution < 1.29 is 26.9 Å². The number of aryl methyl sites for hydroxylation is 1. The van der Waals surface area contributed by atoms with Gasteiger partial charge in [0, 0.05) is 44.0 Å². The van der Waals surface area contributed by atoms with Gasteiger partial charge in [0.2, 0.25) is 10.0 Å². The van der Waals surface area contributed by atoms with Crippen molar-refractivity contribution in [2.45, 2.75) is 19.5 Å². The molecule has 1 saturated heterocycles. The van der Waals surface area contributed by atoms with Crippen molar-refractivity contribution >= 4 is 27.5 Å². The van der Waals surface area contributed by atoms with Crippen LogP contribution < -0.4 is 9.64 Å². The van der Waals surface area contributed by atoms with Gasteiger partial charge in [-0.05, 0) is 54.3 Å². The average Bonchev–Trinajstić information content (AvgIpc) is 2.78. The molecule has 1 heterocycles. The second kappa shape index (κ2) is 8.83. The molecule has 2 aliphatic rings. The monoisotopic (exact) mass is 465 g/mol. The average molecular weight is 465 g/mol. The van der Waals surface area contributed by atoms with Crippen LogP contribution in [0, 0.1) is 10.1 Å². The van der Waals surface area contributed by atoms with Gasteiger partial charge in [0.1, 0.15) is 5.75 Å². The van der Waals surface area contributed by atoms with E-state index in [0.29, 0.717) is 43.1 Å². The molecule has 170 valence electrons. The topological polar surface area (TPSA) is 93.0 Å². The smallest absolute Gasteiger partial charge is 0.387 e. The fraction of sp³-hybridized carbons (Fsp3) is 0.333. The summed E-state index contributed by atoms with van der Waals surface area (Å²) < 4.78 is 57.0. The summed E-state index contributed by atoms with van der Waals surface area (Å²) in [5.74, 6) is 0.0563. The lowest BCUT2D eigenvalue weighted by Gasteiger charge is -2.36. The molecule has 1 fully saturated rings. The Morgan fingerprint density at radius 2 is 1.69 bits per heavy atom. The molecule has 0 saturated carbocycles. The molecule has 0 N–H and O–H groups in total. The highest BCUT2D eigenvalue weighted by molar-refractivity contribution is 7.93. The first-order valence-electron chi connectivity index (χ1n) is 10.0. The number of hydrogen-bond donors (Lipinski definition) is 0. The van der Waals surface area contributed by atoms with Crippen LogP contribution >= 0.6 is 0 Å². The summed E-state index contributed by atoms with van der Waals surface area (Å²) in [6, 6.07) is 10.7. The highest BCUT2D eigenvalue weighted by atomic mass is 32.2. The number of nitro groups is 1. The number of allylic oxidation sites excluding steroid dienone is 1. The van der Waals surface area contributed by atoms with Crippen LogP contribution in [-0.4, -0.2) is 50.4 Å². The van der Waals surface area contributed by atoms with Gasteiger partial charge in [0.15, 0.2) is 0 Å². The first kappa shape index (κ1) is 22.2. The number of sulfonamides is 1. The Balaban J connectivity index is 1.44. The van der Waals surface area contributed by atoms with E-state index in [-0.39, 0.29) is 17.9 Å². The second-order valence-electron chi connectivity index (χ2n) is 7.51. The van der Waals surface area contributed by atoms with Gasteiger partial charge in [0.25, 0.3) is 5.69 Å². The van der Waals surface area contributed by atoms with Crippen molar-refractivity contribution in [3.8, 4) is 5.75 Å². The molecule has 2 aromatic rings. The number of non-ortho nitro benzene ring substituents is 1. The van der Waals surface area contributed by atoms with Crippen LogP contribution in [0.1, 0.15) is 17.5 Å². The number of benzene rings is 2. The Morgan fingerprint density at radius 3 is 2.31 bits per heavy atom. The summed E-state index contributed by atoms with van der Waals surface area (Å²) in [5.41, 5.74) is 2.26. The van der Waals surface area contributed by atoms with Crippen molar-refractivity contribution in [1.82, 2.24) is 4.31 Å². The first-order chi connectivity index (χ1) is 15.2. The first-order valence-corrected chi connectivity index (χ1v) is 11.5. The van der Waals surface area contributed by atoms with E-state index in [1.54, 1.807) is 24.3 Å². The molecule has 0 aromatic heterocycles. The van der Waals surface area contributed by atoms with E-state index in [0.717, 1.165) is 11.3 Å². The van der Waals surface area contributed by atoms with Crippen molar-refractivity contribution in [3.05, 3.63) is 68.6 Å². The molecule has 0 spiro atoms. The SMILES string of the molecule is O=[N+]([O-])c1ccc(N2CCN(S(=O)(=O)C3=Cc4ccc(OC(F)F)cc4CC3)CC2)cc1. The summed E-state index contributed by atoms with van der Waals surface area (Å²) in [7, 11) is -3.65. The van der Waals surface area contributed by atoms with Gasteiger partial charge in [-0.3, -0.25) is 10.1 Å². The molecule has 32 heavy (non-hydrogen) atoms. The van der Waals surface area contributed by atoms with Crippen LogP contribution in [0.4, 0.5) is 20.2 Å². The molecule has 1 aliphatic carbocycles. The van der Waals surface area contributed by atoms with E-state index >= 15 is 0 Å². The minimum atomic E-state index is -3.65. The Kier molecular flexibility index (Phi) is 6.11. The van der Waals surface area contributed by atoms with Crippen LogP contribution in [0.15, 0.2) is 47.4 Å². The molecule has 0 amide bonds. The number of nitrogens with zero attached hydrogens (tertiary/aromatic N) is 3. The van der Waals surface area contributed by atoms with E-state index in [4.69, 9.17) is 0 Å². The van der Waals surface area contributed by atoms with E-state index in [2.05, 4.69) is 4.74 Å². The molecule has 0 bridgehead atoms. The van der Waals surface area contributed by atoms with Gasteiger partial charge in [-0.2, -0.15) is 13.1 Å². The van der Waals surface area contributed by atoms with Gasteiger partial charge in [-0.15, -0.1) is 0 Å². The highest BCUT2D eigenvalue weighted by Gasteiger charge is 2.31. The molecular weight excluding hydrogens is 444 g/mol. The van der Waals surface area contributed by atoms with E-state index in [1.807, 2.05) is 4.90 Å². The van der Waals surface area contributed by atoms with Crippen LogP contribution in [0.2, 0.25) is 0 Å². The van der Waals surface area contributed by atoms with Crippen LogP contribution in [0.25, 0.3) is 6.08 Å². The van der Waals surface area contributed by atoms with Crippen molar-refractivity contribution in [1.29, 1.82) is 0 Å². The maximum absolute atomic E-state index is 13.2. The molecule has 1 aliphatic heterocycles. The predicted molar refractivity (Wildman–Crippen MR) is 115 cm³/mol. The summed E-state index contributed by atoms with van der Waals surface area (Å²) in [4.78, 5) is 12.6. The molecule has 0 unspecified atom stereocenters. The van der Waals surface area contributed by atoms with Gasteiger partial charge < -0.3 is 9.64 Å². The van der Waals surface area contributed by atoms with Crippen LogP contribution in [-0.2, 0) is 16.4 Å². The summed E-state index contributed by atoms with van der Waals surface area (Å²) in [5, 5.41) is 10.8. The number of ether oxygens (including phenoxy) is 1. The van der Waals surface area contributed by atoms with E-state index in [9.17, 15) is 27.3 Å². The summed E-state index contributed by atoms with van der Waals surface area (Å²) in [6.45, 7) is -1.38. The summed E-state index contributed by atoms with van der Waals surface area (Å²) >= 11 is 0. The number of anilines is 1. The van der Waals surface area contributed by atoms with Crippen molar-refractivity contribution in [2.75, 3.05) is 31.1 Å². The number of alkyl halides is 2. The number of piperazine rings is 1. The molecule has 8 nitrogen and oxygen atoms in total. The normalized spacial score (nSPS) is 17.1. The zero-order chi connectivity index (χ0) is 22.9. The molecule has 0 radical (unpaired) electrons. The fourth-order valence-electron chi connectivity index (χ4n) is 3.96. The van der Waals surface area contributed by atoms with Gasteiger partial charge in [-0.25, -0.2) is 8.42 Å². The van der Waals surface area contributed by atoms with E-state index < -0.39 is 21.6 Å². The number of hydrogen-bond acceptors (Lipinski definition) is 6. The van der Waals surface area contributed by atoms with Crippen LogP contribution in [0.5, 0.6) is 5.75 Å². The van der Waals surface area contributed by atoms with Gasteiger partial charge >= 0.3 is 6.61 Å². The number of rotatable bonds is 6. The number of halogens is 2. The highest BCUT2D eigenvalue weighted by Crippen LogP contribution is 2.32. The Labute approximate surface area is 183 Å². The number of fused-ring (bicyclic) bond motifs is 1. The van der Waals surface area contributed by atoms with Crippen molar-refractivity contribution in [3.63, 3.8) is 0 Å². The third kappa shape index (κ3) is 4.58. The Bertz CT molecular complexity index is 1140. The largest absolute Gasteiger partial charge is 0.435 e. The molecule has 0 atom stereocenters. The molecular formula is C21H21F2N3O5S. The second-order valence-corrected chi connectivity index (χ2v) is 9.51. The standard InChI is InChI=1S/C21H21F2N3O5S/c22-21(23)31-19-7-1-16-14-20(8-2-15(16)13-19)32(29,30)25-11-9-24(10-12-25)17-3-5-18(6-4-17)26(27)28/h1,3-7,13-14,21H,2,8-12H2. The maximum Gasteiger partial charge on any atom is 0.387 e. The third-order valence-electron chi connectivity index (χ3n) is 5.63. The Morgan fingerprint density at radius 1 is 1.00 bits per heavy atom. The molecule has 2 aromatic carbocycles. The lowest BCUT2D eigenvalue weighted by molar-refractivity contribution is -0.384. The predicted octanol–water partition coefficient (Wildman–Crippen LogP) is 3.64. The number of nitro benzene ring substituents is 1. The van der Waals surface area contributed by atoms with Crippen molar-refractivity contribution in [2.24, 2.45) is 0 Å². The minimum Gasteiger partial charge on any atom is -0.435 e. The minimum absolute atomic E-state index is 0.00682. The Hall–Kier alpha value is -3.05. The van der Waals surface area contributed by atoms with E-state index in [1.165, 1.54) is 28.6 Å². The zero-order valence-electron chi connectivity index (χ0n) is 17.0. The van der Waals surface area contributed by atoms with Crippen LogP contribution in [0.3, 0.4) is 0 Å². The lowest BCUT2D eigenvalue weighted by atomic mass is 9.97. The molecule has 4 rings (SSSR count). The fourth-order valence-corrected chi connectivity index (χ4v) is 5.57.